The monoisotopic (exact) mass is 420 g/mol. The summed E-state index contributed by atoms with van der Waals surface area (Å²) in [4.78, 5) is 28.2. The third-order valence-corrected chi connectivity index (χ3v) is 5.58. The number of hydrogen-bond donors (Lipinski definition) is 0. The van der Waals surface area contributed by atoms with Crippen LogP contribution in [0.1, 0.15) is 42.4 Å². The number of ether oxygens (including phenoxy) is 1. The lowest BCUT2D eigenvalue weighted by Crippen LogP contribution is -2.41. The number of para-hydroxylation sites is 1. The number of aromatic nitrogens is 3. The largest absolute Gasteiger partial charge is 0.481 e. The van der Waals surface area contributed by atoms with Crippen molar-refractivity contribution >= 4 is 5.91 Å². The van der Waals surface area contributed by atoms with Gasteiger partial charge in [-0.1, -0.05) is 12.1 Å². The van der Waals surface area contributed by atoms with Gasteiger partial charge in [0.2, 0.25) is 0 Å². The molecular formula is C24H25FN4O2. The topological polar surface area (TPSA) is 68.2 Å². The SMILES string of the molecule is Cc1ncc(-c2ccncc2C)c(C2CCCCN2C(=O)COc2ccccc2F)n1. The van der Waals surface area contributed by atoms with Crippen LogP contribution in [0.25, 0.3) is 11.1 Å². The number of benzene rings is 1. The third kappa shape index (κ3) is 4.55. The van der Waals surface area contributed by atoms with Gasteiger partial charge < -0.3 is 9.64 Å². The van der Waals surface area contributed by atoms with E-state index in [9.17, 15) is 9.18 Å². The predicted molar refractivity (Wildman–Crippen MR) is 115 cm³/mol. The van der Waals surface area contributed by atoms with E-state index in [4.69, 9.17) is 9.72 Å². The van der Waals surface area contributed by atoms with Gasteiger partial charge in [0, 0.05) is 30.7 Å². The van der Waals surface area contributed by atoms with Crippen LogP contribution in [0.5, 0.6) is 5.75 Å². The molecular weight excluding hydrogens is 395 g/mol. The van der Waals surface area contributed by atoms with Crippen LogP contribution in [0.15, 0.2) is 48.9 Å². The highest BCUT2D eigenvalue weighted by Gasteiger charge is 2.31. The van der Waals surface area contributed by atoms with Crippen LogP contribution in [0.3, 0.4) is 0 Å². The minimum atomic E-state index is -0.479. The maximum atomic E-state index is 13.9. The van der Waals surface area contributed by atoms with Crippen LogP contribution >= 0.6 is 0 Å². The van der Waals surface area contributed by atoms with E-state index >= 15 is 0 Å². The summed E-state index contributed by atoms with van der Waals surface area (Å²) in [6.07, 6.45) is 8.10. The highest BCUT2D eigenvalue weighted by molar-refractivity contribution is 5.79. The molecule has 7 heteroatoms. The van der Waals surface area contributed by atoms with E-state index in [0.29, 0.717) is 12.4 Å². The fourth-order valence-electron chi connectivity index (χ4n) is 4.02. The Morgan fingerprint density at radius 3 is 2.81 bits per heavy atom. The number of amides is 1. The lowest BCUT2D eigenvalue weighted by atomic mass is 9.92. The molecule has 3 heterocycles. The molecule has 0 bridgehead atoms. The Kier molecular flexibility index (Phi) is 6.21. The summed E-state index contributed by atoms with van der Waals surface area (Å²) >= 11 is 0. The number of hydrogen-bond acceptors (Lipinski definition) is 5. The van der Waals surface area contributed by atoms with Crippen molar-refractivity contribution in [1.82, 2.24) is 19.9 Å². The minimum absolute atomic E-state index is 0.0791. The van der Waals surface area contributed by atoms with Crippen molar-refractivity contribution in [2.75, 3.05) is 13.2 Å². The molecule has 1 atom stereocenters. The summed E-state index contributed by atoms with van der Waals surface area (Å²) in [6.45, 7) is 4.24. The van der Waals surface area contributed by atoms with Crippen molar-refractivity contribution in [2.45, 2.75) is 39.2 Å². The lowest BCUT2D eigenvalue weighted by Gasteiger charge is -2.36. The molecule has 1 unspecified atom stereocenters. The van der Waals surface area contributed by atoms with E-state index < -0.39 is 5.82 Å². The van der Waals surface area contributed by atoms with E-state index in [2.05, 4.69) is 9.97 Å². The van der Waals surface area contributed by atoms with Gasteiger partial charge >= 0.3 is 0 Å². The molecule has 6 nitrogen and oxygen atoms in total. The number of rotatable bonds is 5. The van der Waals surface area contributed by atoms with Gasteiger partial charge in [-0.15, -0.1) is 0 Å². The highest BCUT2D eigenvalue weighted by atomic mass is 19.1. The molecule has 160 valence electrons. The summed E-state index contributed by atoms with van der Waals surface area (Å²) in [7, 11) is 0. The number of piperidine rings is 1. The first-order valence-corrected chi connectivity index (χ1v) is 10.5. The molecule has 1 fully saturated rings. The second kappa shape index (κ2) is 9.20. The number of pyridine rings is 1. The maximum Gasteiger partial charge on any atom is 0.261 e. The Morgan fingerprint density at radius 1 is 1.16 bits per heavy atom. The Hall–Kier alpha value is -3.35. The van der Waals surface area contributed by atoms with Gasteiger partial charge in [-0.25, -0.2) is 14.4 Å². The lowest BCUT2D eigenvalue weighted by molar-refractivity contribution is -0.137. The van der Waals surface area contributed by atoms with Crippen molar-refractivity contribution in [3.63, 3.8) is 0 Å². The number of carbonyl (C=O) groups excluding carboxylic acids is 1. The molecule has 2 aromatic heterocycles. The second-order valence-electron chi connectivity index (χ2n) is 7.72. The van der Waals surface area contributed by atoms with Gasteiger partial charge in [-0.05, 0) is 62.4 Å². The first-order valence-electron chi connectivity index (χ1n) is 10.5. The normalized spacial score (nSPS) is 16.2. The van der Waals surface area contributed by atoms with Crippen LogP contribution in [0.2, 0.25) is 0 Å². The first kappa shape index (κ1) is 20.9. The summed E-state index contributed by atoms with van der Waals surface area (Å²) in [5, 5.41) is 0. The molecule has 1 aromatic carbocycles. The van der Waals surface area contributed by atoms with Crippen LogP contribution in [-0.4, -0.2) is 38.9 Å². The van der Waals surface area contributed by atoms with Crippen molar-refractivity contribution < 1.29 is 13.9 Å². The standard InChI is InChI=1S/C24H25FN4O2/c1-16-13-26-11-10-18(16)19-14-27-17(2)28-24(19)21-8-5-6-12-29(21)23(30)15-31-22-9-4-3-7-20(22)25/h3-4,7,9-11,13-14,21H,5-6,8,12,15H2,1-2H3. The molecule has 0 saturated carbocycles. The first-order chi connectivity index (χ1) is 15.0. The van der Waals surface area contributed by atoms with Crippen molar-refractivity contribution in [3.05, 3.63) is 71.8 Å². The number of nitrogens with zero attached hydrogens (tertiary/aromatic N) is 4. The molecule has 0 radical (unpaired) electrons. The van der Waals surface area contributed by atoms with E-state index in [1.54, 1.807) is 18.3 Å². The summed E-state index contributed by atoms with van der Waals surface area (Å²) in [5.74, 6) is 0.0791. The fourth-order valence-corrected chi connectivity index (χ4v) is 4.02. The van der Waals surface area contributed by atoms with E-state index in [1.807, 2.05) is 37.2 Å². The smallest absolute Gasteiger partial charge is 0.261 e. The fraction of sp³-hybridized carbons (Fsp3) is 0.333. The van der Waals surface area contributed by atoms with E-state index in [0.717, 1.165) is 41.6 Å². The predicted octanol–water partition coefficient (Wildman–Crippen LogP) is 4.43. The Bertz CT molecular complexity index is 1090. The van der Waals surface area contributed by atoms with Crippen molar-refractivity contribution in [2.24, 2.45) is 0 Å². The molecule has 1 aliphatic rings. The number of carbonyl (C=O) groups is 1. The zero-order valence-electron chi connectivity index (χ0n) is 17.7. The summed E-state index contributed by atoms with van der Waals surface area (Å²) in [5.41, 5.74) is 3.77. The molecule has 1 amide bonds. The highest BCUT2D eigenvalue weighted by Crippen LogP contribution is 2.36. The zero-order chi connectivity index (χ0) is 21.8. The van der Waals surface area contributed by atoms with E-state index in [1.165, 1.54) is 12.1 Å². The number of likely N-dealkylation sites (tertiary alicyclic amines) is 1. The van der Waals surface area contributed by atoms with Gasteiger partial charge in [-0.3, -0.25) is 9.78 Å². The van der Waals surface area contributed by atoms with E-state index in [-0.39, 0.29) is 24.3 Å². The van der Waals surface area contributed by atoms with Crippen LogP contribution in [0, 0.1) is 19.7 Å². The van der Waals surface area contributed by atoms with Crippen LogP contribution in [0.4, 0.5) is 4.39 Å². The van der Waals surface area contributed by atoms with Gasteiger partial charge in [0.05, 0.1) is 11.7 Å². The molecule has 0 aliphatic carbocycles. The van der Waals surface area contributed by atoms with Gasteiger partial charge in [0.1, 0.15) is 5.82 Å². The summed E-state index contributed by atoms with van der Waals surface area (Å²) in [6, 6.07) is 7.87. The maximum absolute atomic E-state index is 13.9. The number of aryl methyl sites for hydroxylation is 2. The molecule has 0 N–H and O–H groups in total. The average Bonchev–Trinajstić information content (AvgIpc) is 2.79. The molecule has 0 spiro atoms. The van der Waals surface area contributed by atoms with Gasteiger partial charge in [-0.2, -0.15) is 0 Å². The Labute approximate surface area is 181 Å². The van der Waals surface area contributed by atoms with Crippen molar-refractivity contribution in [1.29, 1.82) is 0 Å². The van der Waals surface area contributed by atoms with Gasteiger partial charge in [0.25, 0.3) is 5.91 Å². The minimum Gasteiger partial charge on any atom is -0.481 e. The van der Waals surface area contributed by atoms with Gasteiger partial charge in [0.15, 0.2) is 18.2 Å². The Balaban J connectivity index is 1.63. The number of halogens is 1. The Morgan fingerprint density at radius 2 is 2.00 bits per heavy atom. The zero-order valence-corrected chi connectivity index (χ0v) is 17.7. The van der Waals surface area contributed by atoms with Crippen LogP contribution in [-0.2, 0) is 4.79 Å². The van der Waals surface area contributed by atoms with Crippen molar-refractivity contribution in [3.8, 4) is 16.9 Å². The second-order valence-corrected chi connectivity index (χ2v) is 7.72. The molecule has 31 heavy (non-hydrogen) atoms. The van der Waals surface area contributed by atoms with Crippen LogP contribution < -0.4 is 4.74 Å². The molecule has 4 rings (SSSR count). The molecule has 3 aromatic rings. The third-order valence-electron chi connectivity index (χ3n) is 5.58. The summed E-state index contributed by atoms with van der Waals surface area (Å²) < 4.78 is 19.4. The average molecular weight is 420 g/mol. The quantitative estimate of drug-likeness (QED) is 0.611. The molecule has 1 saturated heterocycles. The molecule has 1 aliphatic heterocycles.